The number of carbonyl (C=O) groups is 1. The van der Waals surface area contributed by atoms with Crippen molar-refractivity contribution < 1.29 is 4.79 Å². The molecule has 3 nitrogen and oxygen atoms in total. The summed E-state index contributed by atoms with van der Waals surface area (Å²) in [5, 5.41) is 5.19. The van der Waals surface area contributed by atoms with Gasteiger partial charge in [-0.2, -0.15) is 0 Å². The largest absolute Gasteiger partial charge is 0.354 e. The summed E-state index contributed by atoms with van der Waals surface area (Å²) in [6, 6.07) is 14.4. The molecule has 6 rings (SSSR count). The standard InChI is InChI=1S/C23H14N2O/c1-2-12-7-8-13-10-16-19(15(13)9-12)17-11-24-23(26)21(17)20-14-5-3-4-6-18(14)25-22(16)20/h1,3-9,25H,10-11H2,(H,24,26). The van der Waals surface area contributed by atoms with Gasteiger partial charge in [0.1, 0.15) is 0 Å². The number of terminal acetylenes is 1. The smallest absolute Gasteiger partial charge is 0.252 e. The third-order valence-corrected chi connectivity index (χ3v) is 5.73. The van der Waals surface area contributed by atoms with Gasteiger partial charge in [0.15, 0.2) is 0 Å². The molecule has 0 saturated carbocycles. The van der Waals surface area contributed by atoms with Crippen LogP contribution in [0, 0.1) is 12.3 Å². The molecule has 4 aromatic rings. The van der Waals surface area contributed by atoms with Gasteiger partial charge in [-0.3, -0.25) is 4.79 Å². The molecule has 2 N–H and O–H groups in total. The molecule has 0 atom stereocenters. The predicted molar refractivity (Wildman–Crippen MR) is 103 cm³/mol. The van der Waals surface area contributed by atoms with Crippen molar-refractivity contribution in [2.45, 2.75) is 13.0 Å². The van der Waals surface area contributed by atoms with Gasteiger partial charge in [-0.25, -0.2) is 0 Å². The van der Waals surface area contributed by atoms with E-state index in [0.717, 1.165) is 44.9 Å². The maximum absolute atomic E-state index is 12.7. The highest BCUT2D eigenvalue weighted by molar-refractivity contribution is 6.22. The van der Waals surface area contributed by atoms with Crippen LogP contribution in [0.2, 0.25) is 0 Å². The Morgan fingerprint density at radius 1 is 1.04 bits per heavy atom. The van der Waals surface area contributed by atoms with Gasteiger partial charge in [-0.05, 0) is 46.0 Å². The van der Waals surface area contributed by atoms with Crippen molar-refractivity contribution >= 4 is 27.7 Å². The van der Waals surface area contributed by atoms with Gasteiger partial charge < -0.3 is 10.3 Å². The predicted octanol–water partition coefficient (Wildman–Crippen LogP) is 4.12. The van der Waals surface area contributed by atoms with Crippen LogP contribution in [0.25, 0.3) is 32.9 Å². The van der Waals surface area contributed by atoms with Gasteiger partial charge in [0, 0.05) is 34.8 Å². The van der Waals surface area contributed by atoms with E-state index in [1.807, 2.05) is 18.2 Å². The number of para-hydroxylation sites is 1. The minimum absolute atomic E-state index is 0.0131. The second kappa shape index (κ2) is 4.56. The molecule has 0 fully saturated rings. The van der Waals surface area contributed by atoms with E-state index in [0.29, 0.717) is 6.54 Å². The van der Waals surface area contributed by atoms with E-state index in [9.17, 15) is 4.79 Å². The Morgan fingerprint density at radius 3 is 2.81 bits per heavy atom. The number of hydrogen-bond donors (Lipinski definition) is 2. The van der Waals surface area contributed by atoms with Crippen LogP contribution in [0.15, 0.2) is 42.5 Å². The number of rotatable bonds is 0. The summed E-state index contributed by atoms with van der Waals surface area (Å²) in [6.07, 6.45) is 6.48. The van der Waals surface area contributed by atoms with Crippen LogP contribution in [0.4, 0.5) is 0 Å². The van der Waals surface area contributed by atoms with Crippen molar-refractivity contribution in [1.29, 1.82) is 0 Å². The molecule has 3 heteroatoms. The second-order valence-corrected chi connectivity index (χ2v) is 7.00. The zero-order valence-corrected chi connectivity index (χ0v) is 13.9. The van der Waals surface area contributed by atoms with Gasteiger partial charge >= 0.3 is 0 Å². The van der Waals surface area contributed by atoms with Crippen molar-refractivity contribution in [2.75, 3.05) is 0 Å². The van der Waals surface area contributed by atoms with Gasteiger partial charge in [0.05, 0.1) is 11.1 Å². The van der Waals surface area contributed by atoms with E-state index < -0.39 is 0 Å². The summed E-state index contributed by atoms with van der Waals surface area (Å²) in [5.41, 5.74) is 9.84. The maximum Gasteiger partial charge on any atom is 0.252 e. The lowest BCUT2D eigenvalue weighted by molar-refractivity contribution is 0.0967. The van der Waals surface area contributed by atoms with Crippen LogP contribution in [-0.2, 0) is 13.0 Å². The highest BCUT2D eigenvalue weighted by Gasteiger charge is 2.33. The first-order chi connectivity index (χ1) is 12.8. The molecule has 1 amide bonds. The normalized spacial score (nSPS) is 14.2. The fourth-order valence-corrected chi connectivity index (χ4v) is 4.64. The molecule has 2 aliphatic rings. The molecule has 1 aromatic heterocycles. The number of hydrogen-bond acceptors (Lipinski definition) is 1. The topological polar surface area (TPSA) is 44.9 Å². The van der Waals surface area contributed by atoms with Crippen molar-refractivity contribution in [1.82, 2.24) is 10.3 Å². The van der Waals surface area contributed by atoms with Gasteiger partial charge in [0.25, 0.3) is 5.91 Å². The van der Waals surface area contributed by atoms with Crippen LogP contribution >= 0.6 is 0 Å². The first-order valence-corrected chi connectivity index (χ1v) is 8.72. The molecule has 1 aliphatic carbocycles. The Morgan fingerprint density at radius 2 is 1.92 bits per heavy atom. The number of nitrogens with one attached hydrogen (secondary N) is 2. The minimum atomic E-state index is 0.0131. The Kier molecular flexibility index (Phi) is 2.41. The van der Waals surface area contributed by atoms with Crippen molar-refractivity contribution in [2.24, 2.45) is 0 Å². The van der Waals surface area contributed by atoms with Gasteiger partial charge in [-0.1, -0.05) is 30.2 Å². The summed E-state index contributed by atoms with van der Waals surface area (Å²) in [4.78, 5) is 16.3. The fourth-order valence-electron chi connectivity index (χ4n) is 4.64. The Bertz CT molecular complexity index is 1330. The van der Waals surface area contributed by atoms with Crippen molar-refractivity contribution in [3.05, 3.63) is 70.3 Å². The van der Waals surface area contributed by atoms with Crippen molar-refractivity contribution in [3.8, 4) is 23.5 Å². The zero-order chi connectivity index (χ0) is 17.4. The lowest BCUT2D eigenvalue weighted by atomic mass is 9.92. The Labute approximate surface area is 150 Å². The van der Waals surface area contributed by atoms with E-state index in [1.54, 1.807) is 0 Å². The lowest BCUT2D eigenvalue weighted by Gasteiger charge is -2.10. The molecule has 0 radical (unpaired) electrons. The molecule has 122 valence electrons. The monoisotopic (exact) mass is 334 g/mol. The number of aromatic nitrogens is 1. The molecule has 0 spiro atoms. The number of fused-ring (bicyclic) bond motifs is 10. The molecular weight excluding hydrogens is 320 g/mol. The molecule has 3 aromatic carbocycles. The van der Waals surface area contributed by atoms with Crippen LogP contribution in [0.3, 0.4) is 0 Å². The maximum atomic E-state index is 12.7. The van der Waals surface area contributed by atoms with E-state index in [4.69, 9.17) is 6.42 Å². The van der Waals surface area contributed by atoms with Crippen LogP contribution in [-0.4, -0.2) is 10.9 Å². The number of H-pyrrole nitrogens is 1. The summed E-state index contributed by atoms with van der Waals surface area (Å²) in [7, 11) is 0. The average Bonchev–Trinajstić information content (AvgIpc) is 3.33. The highest BCUT2D eigenvalue weighted by atomic mass is 16.1. The van der Waals surface area contributed by atoms with E-state index in [-0.39, 0.29) is 5.91 Å². The van der Waals surface area contributed by atoms with Crippen LogP contribution in [0.1, 0.15) is 32.6 Å². The summed E-state index contributed by atoms with van der Waals surface area (Å²) in [5.74, 6) is 2.75. The third kappa shape index (κ3) is 1.52. The number of amides is 1. The van der Waals surface area contributed by atoms with Gasteiger partial charge in [0.2, 0.25) is 0 Å². The summed E-state index contributed by atoms with van der Waals surface area (Å²) in [6.45, 7) is 0.575. The molecule has 2 heterocycles. The first kappa shape index (κ1) is 13.7. The Hall–Kier alpha value is -3.51. The van der Waals surface area contributed by atoms with Crippen molar-refractivity contribution in [3.63, 3.8) is 0 Å². The Balaban J connectivity index is 1.84. The lowest BCUT2D eigenvalue weighted by Crippen LogP contribution is -2.12. The third-order valence-electron chi connectivity index (χ3n) is 5.73. The number of carbonyl (C=O) groups excluding carboxylic acids is 1. The van der Waals surface area contributed by atoms with Crippen LogP contribution in [0.5, 0.6) is 0 Å². The highest BCUT2D eigenvalue weighted by Crippen LogP contribution is 2.47. The molecule has 0 bridgehead atoms. The van der Waals surface area contributed by atoms with E-state index >= 15 is 0 Å². The summed E-state index contributed by atoms with van der Waals surface area (Å²) >= 11 is 0. The van der Waals surface area contributed by atoms with E-state index in [1.165, 1.54) is 22.3 Å². The zero-order valence-electron chi connectivity index (χ0n) is 13.9. The molecular formula is C23H14N2O. The first-order valence-electron chi connectivity index (χ1n) is 8.72. The van der Waals surface area contributed by atoms with Crippen LogP contribution < -0.4 is 5.32 Å². The van der Waals surface area contributed by atoms with E-state index in [2.05, 4.69) is 40.5 Å². The molecule has 26 heavy (non-hydrogen) atoms. The number of aromatic amines is 1. The molecule has 1 aliphatic heterocycles. The van der Waals surface area contributed by atoms with Gasteiger partial charge in [-0.15, -0.1) is 6.42 Å². The minimum Gasteiger partial charge on any atom is -0.354 e. The summed E-state index contributed by atoms with van der Waals surface area (Å²) < 4.78 is 0. The fraction of sp³-hybridized carbons (Fsp3) is 0.0870. The number of benzene rings is 3. The molecule has 0 saturated heterocycles. The quantitative estimate of drug-likeness (QED) is 0.411. The average molecular weight is 334 g/mol. The second-order valence-electron chi connectivity index (χ2n) is 7.00. The SMILES string of the molecule is C#Cc1ccc2c(c1)-c1c3c(c4c([nH]c5ccccc54)c1C2)C(=O)NC3. The molecule has 0 unspecified atom stereocenters.